The van der Waals surface area contributed by atoms with E-state index in [1.807, 2.05) is 12.6 Å². The predicted octanol–water partition coefficient (Wildman–Crippen LogP) is 2.74. The van der Waals surface area contributed by atoms with Crippen LogP contribution in [0.15, 0.2) is 5.51 Å². The number of thiazole rings is 1. The fraction of sp³-hybridized carbons (Fsp3) is 0.786. The third-order valence-corrected chi connectivity index (χ3v) is 5.64. The summed E-state index contributed by atoms with van der Waals surface area (Å²) >= 11 is 1.76. The van der Waals surface area contributed by atoms with Gasteiger partial charge < -0.3 is 10.1 Å². The van der Waals surface area contributed by atoms with Crippen LogP contribution in [-0.2, 0) is 11.3 Å². The van der Waals surface area contributed by atoms with Gasteiger partial charge >= 0.3 is 0 Å². The molecule has 4 heteroatoms. The summed E-state index contributed by atoms with van der Waals surface area (Å²) in [7, 11) is 1.86. The van der Waals surface area contributed by atoms with Crippen LogP contribution in [0.3, 0.4) is 0 Å². The zero-order valence-electron chi connectivity index (χ0n) is 11.2. The molecular formula is C14H22N2OS. The van der Waals surface area contributed by atoms with Gasteiger partial charge in [-0.1, -0.05) is 0 Å². The van der Waals surface area contributed by atoms with Crippen LogP contribution in [0.1, 0.15) is 36.3 Å². The average Bonchev–Trinajstić information content (AvgIpc) is 3.00. The van der Waals surface area contributed by atoms with Crippen LogP contribution in [0.2, 0.25) is 0 Å². The molecule has 18 heavy (non-hydrogen) atoms. The molecule has 100 valence electrons. The van der Waals surface area contributed by atoms with Crippen LogP contribution >= 0.6 is 11.3 Å². The molecule has 0 bridgehead atoms. The van der Waals surface area contributed by atoms with Gasteiger partial charge in [0.2, 0.25) is 0 Å². The van der Waals surface area contributed by atoms with Gasteiger partial charge in [-0.3, -0.25) is 0 Å². The molecule has 0 radical (unpaired) electrons. The van der Waals surface area contributed by atoms with Gasteiger partial charge in [0.05, 0.1) is 17.3 Å². The molecule has 1 aromatic rings. The molecule has 2 unspecified atom stereocenters. The molecule has 0 saturated heterocycles. The molecule has 0 amide bonds. The number of nitrogens with zero attached hydrogens (tertiary/aromatic N) is 1. The first-order valence-corrected chi connectivity index (χ1v) is 7.79. The maximum absolute atomic E-state index is 5.49. The summed E-state index contributed by atoms with van der Waals surface area (Å²) in [5, 5.41) is 3.72. The van der Waals surface area contributed by atoms with Crippen LogP contribution in [0.5, 0.6) is 0 Å². The van der Waals surface area contributed by atoms with E-state index in [1.165, 1.54) is 36.3 Å². The third kappa shape index (κ3) is 2.46. The first kappa shape index (κ1) is 12.6. The molecule has 1 N–H and O–H groups in total. The topological polar surface area (TPSA) is 34.1 Å². The van der Waals surface area contributed by atoms with E-state index in [0.717, 1.165) is 18.4 Å². The van der Waals surface area contributed by atoms with E-state index in [1.54, 1.807) is 11.3 Å². The van der Waals surface area contributed by atoms with Gasteiger partial charge in [-0.25, -0.2) is 4.98 Å². The Morgan fingerprint density at radius 3 is 2.61 bits per heavy atom. The Hall–Kier alpha value is -0.450. The highest BCUT2D eigenvalue weighted by Crippen LogP contribution is 2.45. The van der Waals surface area contributed by atoms with Crippen molar-refractivity contribution >= 4 is 11.3 Å². The number of aryl methyl sites for hydroxylation is 1. The first-order chi connectivity index (χ1) is 8.76. The van der Waals surface area contributed by atoms with E-state index in [-0.39, 0.29) is 0 Å². The van der Waals surface area contributed by atoms with Gasteiger partial charge in [0, 0.05) is 24.6 Å². The van der Waals surface area contributed by atoms with Gasteiger partial charge in [-0.05, 0) is 44.4 Å². The zero-order chi connectivity index (χ0) is 12.5. The molecule has 4 atom stereocenters. The largest absolute Gasteiger partial charge is 0.381 e. The Kier molecular flexibility index (Phi) is 3.68. The highest BCUT2D eigenvalue weighted by atomic mass is 32.1. The van der Waals surface area contributed by atoms with Crippen LogP contribution in [-0.4, -0.2) is 24.2 Å². The quantitative estimate of drug-likeness (QED) is 0.910. The number of rotatable bonds is 4. The van der Waals surface area contributed by atoms with Crippen molar-refractivity contribution in [1.29, 1.82) is 0 Å². The molecule has 3 rings (SSSR count). The lowest BCUT2D eigenvalue weighted by Crippen LogP contribution is -2.27. The van der Waals surface area contributed by atoms with Crippen molar-refractivity contribution in [3.63, 3.8) is 0 Å². The summed E-state index contributed by atoms with van der Waals surface area (Å²) in [6, 6.07) is 0.708. The van der Waals surface area contributed by atoms with E-state index in [4.69, 9.17) is 4.74 Å². The van der Waals surface area contributed by atoms with Crippen molar-refractivity contribution in [3.8, 4) is 0 Å². The second-order valence-corrected chi connectivity index (χ2v) is 6.70. The van der Waals surface area contributed by atoms with Crippen molar-refractivity contribution < 1.29 is 4.74 Å². The lowest BCUT2D eigenvalue weighted by atomic mass is 10.0. The minimum absolute atomic E-state index is 0.532. The van der Waals surface area contributed by atoms with Gasteiger partial charge in [0.25, 0.3) is 0 Å². The summed E-state index contributed by atoms with van der Waals surface area (Å²) in [5.74, 6) is 1.80. The number of nitrogens with one attached hydrogen (secondary N) is 1. The van der Waals surface area contributed by atoms with Gasteiger partial charge in [-0.15, -0.1) is 11.3 Å². The molecule has 3 nitrogen and oxygen atoms in total. The van der Waals surface area contributed by atoms with E-state index in [0.29, 0.717) is 12.1 Å². The smallest absolute Gasteiger partial charge is 0.0798 e. The maximum atomic E-state index is 5.49. The van der Waals surface area contributed by atoms with Crippen LogP contribution in [0, 0.1) is 18.8 Å². The van der Waals surface area contributed by atoms with E-state index in [9.17, 15) is 0 Å². The van der Waals surface area contributed by atoms with Crippen molar-refractivity contribution in [3.05, 3.63) is 16.1 Å². The van der Waals surface area contributed by atoms with Gasteiger partial charge in [0.15, 0.2) is 0 Å². The molecule has 2 aliphatic carbocycles. The molecule has 2 aliphatic rings. The average molecular weight is 266 g/mol. The summed E-state index contributed by atoms with van der Waals surface area (Å²) < 4.78 is 5.49. The number of ether oxygens (including phenoxy) is 1. The fourth-order valence-electron chi connectivity index (χ4n) is 3.65. The SMILES string of the molecule is COC1C[C@H]2CC(NCc3scnc3C)C[C@H]2C1. The molecule has 2 fully saturated rings. The Bertz CT molecular complexity index is 392. The minimum Gasteiger partial charge on any atom is -0.381 e. The summed E-state index contributed by atoms with van der Waals surface area (Å²) in [6.07, 6.45) is 5.76. The normalized spacial score (nSPS) is 35.0. The number of hydrogen-bond acceptors (Lipinski definition) is 4. The predicted molar refractivity (Wildman–Crippen MR) is 73.7 cm³/mol. The summed E-state index contributed by atoms with van der Waals surface area (Å²) in [5.41, 5.74) is 3.13. The Labute approximate surface area is 113 Å². The van der Waals surface area contributed by atoms with Crippen LogP contribution < -0.4 is 5.32 Å². The number of hydrogen-bond donors (Lipinski definition) is 1. The number of methoxy groups -OCH3 is 1. The molecule has 1 heterocycles. The van der Waals surface area contributed by atoms with Crippen molar-refractivity contribution in [2.45, 2.75) is 51.3 Å². The summed E-state index contributed by atoms with van der Waals surface area (Å²) in [6.45, 7) is 3.09. The highest BCUT2D eigenvalue weighted by Gasteiger charge is 2.41. The lowest BCUT2D eigenvalue weighted by Gasteiger charge is -2.15. The zero-order valence-corrected chi connectivity index (χ0v) is 12.0. The first-order valence-electron chi connectivity index (χ1n) is 6.91. The molecule has 0 aromatic carbocycles. The van der Waals surface area contributed by atoms with E-state index in [2.05, 4.69) is 17.2 Å². The second kappa shape index (κ2) is 5.27. The highest BCUT2D eigenvalue weighted by molar-refractivity contribution is 7.09. The van der Waals surface area contributed by atoms with Crippen molar-refractivity contribution in [2.75, 3.05) is 7.11 Å². The molecule has 0 spiro atoms. The van der Waals surface area contributed by atoms with E-state index >= 15 is 0 Å². The van der Waals surface area contributed by atoms with Crippen molar-refractivity contribution in [2.24, 2.45) is 11.8 Å². The minimum atomic E-state index is 0.532. The number of fused-ring (bicyclic) bond motifs is 1. The maximum Gasteiger partial charge on any atom is 0.0798 e. The molecule has 0 aliphatic heterocycles. The Morgan fingerprint density at radius 2 is 2.06 bits per heavy atom. The molecular weight excluding hydrogens is 244 g/mol. The fourth-order valence-corrected chi connectivity index (χ4v) is 4.38. The number of aromatic nitrogens is 1. The lowest BCUT2D eigenvalue weighted by molar-refractivity contribution is 0.100. The molecule has 1 aromatic heterocycles. The van der Waals surface area contributed by atoms with Crippen molar-refractivity contribution in [1.82, 2.24) is 10.3 Å². The van der Waals surface area contributed by atoms with Crippen LogP contribution in [0.4, 0.5) is 0 Å². The Morgan fingerprint density at radius 1 is 1.33 bits per heavy atom. The van der Waals surface area contributed by atoms with Crippen LogP contribution in [0.25, 0.3) is 0 Å². The monoisotopic (exact) mass is 266 g/mol. The summed E-state index contributed by atoms with van der Waals surface area (Å²) in [4.78, 5) is 5.69. The third-order valence-electron chi connectivity index (χ3n) is 4.70. The molecule has 2 saturated carbocycles. The van der Waals surface area contributed by atoms with Gasteiger partial charge in [-0.2, -0.15) is 0 Å². The van der Waals surface area contributed by atoms with Gasteiger partial charge in [0.1, 0.15) is 0 Å². The Balaban J connectivity index is 1.48. The second-order valence-electron chi connectivity index (χ2n) is 5.76. The van der Waals surface area contributed by atoms with E-state index < -0.39 is 0 Å². The standard InChI is InChI=1S/C14H22N2OS/c1-9-14(18-8-16-9)7-15-12-3-10-5-13(17-2)6-11(10)4-12/h8,10-13,15H,3-7H2,1-2H3/t10-,11+,12?,13?.